The molecule has 0 aromatic rings. The molecule has 0 aromatic carbocycles. The number of nitrogens with one attached hydrogen (secondary N) is 1. The van der Waals surface area contributed by atoms with Gasteiger partial charge in [0.05, 0.1) is 6.04 Å². The lowest BCUT2D eigenvalue weighted by Gasteiger charge is -2.34. The minimum absolute atomic E-state index is 0.0603. The van der Waals surface area contributed by atoms with Gasteiger partial charge in [-0.25, -0.2) is 0 Å². The number of rotatable bonds is 4. The first kappa shape index (κ1) is 11.9. The van der Waals surface area contributed by atoms with Gasteiger partial charge in [0.15, 0.2) is 0 Å². The first-order valence-corrected chi connectivity index (χ1v) is 6.52. The summed E-state index contributed by atoms with van der Waals surface area (Å²) in [5.41, 5.74) is 5.49. The van der Waals surface area contributed by atoms with Gasteiger partial charge >= 0.3 is 0 Å². The molecule has 0 aliphatic carbocycles. The summed E-state index contributed by atoms with van der Waals surface area (Å²) >= 11 is 0. The predicted molar refractivity (Wildman–Crippen MR) is 64.0 cm³/mol. The lowest BCUT2D eigenvalue weighted by molar-refractivity contribution is -0.123. The van der Waals surface area contributed by atoms with Crippen LogP contribution in [0.4, 0.5) is 0 Å². The molecule has 3 N–H and O–H groups in total. The molecule has 92 valence electrons. The van der Waals surface area contributed by atoms with Crippen LogP contribution >= 0.6 is 0 Å². The zero-order valence-electron chi connectivity index (χ0n) is 10.1. The number of carbonyl (C=O) groups excluding carboxylic acids is 1. The third-order valence-electron chi connectivity index (χ3n) is 4.02. The van der Waals surface area contributed by atoms with Crippen molar-refractivity contribution in [3.05, 3.63) is 0 Å². The second kappa shape index (κ2) is 5.15. The van der Waals surface area contributed by atoms with E-state index in [-0.39, 0.29) is 11.9 Å². The number of hydrogen-bond donors (Lipinski definition) is 2. The second-order valence-electron chi connectivity index (χ2n) is 4.98. The summed E-state index contributed by atoms with van der Waals surface area (Å²) < 4.78 is 0. The smallest absolute Gasteiger partial charge is 0.234 e. The monoisotopic (exact) mass is 225 g/mol. The van der Waals surface area contributed by atoms with Crippen molar-refractivity contribution in [2.75, 3.05) is 13.1 Å². The van der Waals surface area contributed by atoms with Crippen molar-refractivity contribution in [1.29, 1.82) is 0 Å². The molecule has 2 heterocycles. The molecule has 3 atom stereocenters. The van der Waals surface area contributed by atoms with E-state index < -0.39 is 0 Å². The van der Waals surface area contributed by atoms with Gasteiger partial charge in [-0.3, -0.25) is 9.69 Å². The molecule has 2 aliphatic heterocycles. The van der Waals surface area contributed by atoms with E-state index in [4.69, 9.17) is 5.73 Å². The van der Waals surface area contributed by atoms with Gasteiger partial charge in [-0.05, 0) is 45.2 Å². The van der Waals surface area contributed by atoms with Gasteiger partial charge in [0.25, 0.3) is 0 Å². The summed E-state index contributed by atoms with van der Waals surface area (Å²) in [5, 5.41) is 3.55. The molecule has 4 nitrogen and oxygen atoms in total. The molecule has 2 fully saturated rings. The van der Waals surface area contributed by atoms with Crippen LogP contribution < -0.4 is 11.1 Å². The highest BCUT2D eigenvalue weighted by atomic mass is 16.1. The molecule has 0 bridgehead atoms. The highest BCUT2D eigenvalue weighted by molar-refractivity contribution is 5.79. The number of nitrogens with zero attached hydrogens (tertiary/aromatic N) is 1. The standard InChI is InChI=1S/C12H23N3O/c1-2-10(12(13)16)15-8-4-6-11(15)9-5-3-7-14-9/h9-11,14H,2-8H2,1H3,(H2,13,16). The molecule has 0 saturated carbocycles. The zero-order chi connectivity index (χ0) is 11.5. The van der Waals surface area contributed by atoms with Crippen LogP contribution in [0.3, 0.4) is 0 Å². The SMILES string of the molecule is CCC(C(N)=O)N1CCCC1C1CCCN1. The topological polar surface area (TPSA) is 58.4 Å². The fourth-order valence-electron chi connectivity index (χ4n) is 3.27. The van der Waals surface area contributed by atoms with E-state index in [1.54, 1.807) is 0 Å². The molecular weight excluding hydrogens is 202 g/mol. The first-order valence-electron chi connectivity index (χ1n) is 6.52. The molecule has 4 heteroatoms. The molecule has 3 unspecified atom stereocenters. The van der Waals surface area contributed by atoms with Crippen molar-refractivity contribution in [3.8, 4) is 0 Å². The van der Waals surface area contributed by atoms with Crippen LogP contribution in [0.15, 0.2) is 0 Å². The lowest BCUT2D eigenvalue weighted by Crippen LogP contribution is -2.52. The summed E-state index contributed by atoms with van der Waals surface area (Å²) in [7, 11) is 0. The molecule has 1 amide bonds. The highest BCUT2D eigenvalue weighted by Gasteiger charge is 2.37. The van der Waals surface area contributed by atoms with E-state index in [0.29, 0.717) is 12.1 Å². The largest absolute Gasteiger partial charge is 0.368 e. The third kappa shape index (κ3) is 2.23. The maximum atomic E-state index is 11.4. The number of hydrogen-bond acceptors (Lipinski definition) is 3. The lowest BCUT2D eigenvalue weighted by atomic mass is 10.0. The van der Waals surface area contributed by atoms with Gasteiger partial charge in [0.1, 0.15) is 0 Å². The summed E-state index contributed by atoms with van der Waals surface area (Å²) in [6, 6.07) is 1.05. The molecule has 0 aromatic heterocycles. The van der Waals surface area contributed by atoms with Gasteiger partial charge in [-0.15, -0.1) is 0 Å². The van der Waals surface area contributed by atoms with E-state index in [1.165, 1.54) is 25.7 Å². The van der Waals surface area contributed by atoms with E-state index in [2.05, 4.69) is 10.2 Å². The highest BCUT2D eigenvalue weighted by Crippen LogP contribution is 2.27. The van der Waals surface area contributed by atoms with Crippen LogP contribution in [-0.4, -0.2) is 42.0 Å². The van der Waals surface area contributed by atoms with Crippen molar-refractivity contribution < 1.29 is 4.79 Å². The van der Waals surface area contributed by atoms with E-state index >= 15 is 0 Å². The number of likely N-dealkylation sites (tertiary alicyclic amines) is 1. The third-order valence-corrected chi connectivity index (χ3v) is 4.02. The van der Waals surface area contributed by atoms with Crippen LogP contribution in [0, 0.1) is 0 Å². The van der Waals surface area contributed by atoms with Crippen molar-refractivity contribution in [2.24, 2.45) is 5.73 Å². The van der Waals surface area contributed by atoms with Crippen molar-refractivity contribution in [1.82, 2.24) is 10.2 Å². The summed E-state index contributed by atoms with van der Waals surface area (Å²) in [5.74, 6) is -0.160. The van der Waals surface area contributed by atoms with Crippen LogP contribution in [0.1, 0.15) is 39.0 Å². The second-order valence-corrected chi connectivity index (χ2v) is 4.98. The number of carbonyl (C=O) groups is 1. The number of nitrogens with two attached hydrogens (primary N) is 1. The Morgan fingerprint density at radius 3 is 2.88 bits per heavy atom. The van der Waals surface area contributed by atoms with Crippen LogP contribution in [0.25, 0.3) is 0 Å². The Bertz CT molecular complexity index is 251. The van der Waals surface area contributed by atoms with E-state index in [0.717, 1.165) is 19.5 Å². The Morgan fingerprint density at radius 2 is 2.31 bits per heavy atom. The number of amides is 1. The number of primary amides is 1. The minimum atomic E-state index is -0.160. The van der Waals surface area contributed by atoms with Gasteiger partial charge in [0, 0.05) is 12.1 Å². The maximum absolute atomic E-state index is 11.4. The fourth-order valence-corrected chi connectivity index (χ4v) is 3.27. The van der Waals surface area contributed by atoms with E-state index in [1.807, 2.05) is 6.92 Å². The zero-order valence-corrected chi connectivity index (χ0v) is 10.1. The predicted octanol–water partition coefficient (Wildman–Crippen LogP) is 0.467. The Balaban J connectivity index is 2.03. The molecule has 2 aliphatic rings. The molecular formula is C12H23N3O. The fraction of sp³-hybridized carbons (Fsp3) is 0.917. The Kier molecular flexibility index (Phi) is 3.82. The molecule has 0 spiro atoms. The first-order chi connectivity index (χ1) is 7.74. The minimum Gasteiger partial charge on any atom is -0.368 e. The van der Waals surface area contributed by atoms with Gasteiger partial charge in [0.2, 0.25) is 5.91 Å². The molecule has 2 rings (SSSR count). The average Bonchev–Trinajstić information content (AvgIpc) is 2.86. The molecule has 16 heavy (non-hydrogen) atoms. The Labute approximate surface area is 97.6 Å². The molecule has 0 radical (unpaired) electrons. The average molecular weight is 225 g/mol. The van der Waals surface area contributed by atoms with E-state index in [9.17, 15) is 4.79 Å². The quantitative estimate of drug-likeness (QED) is 0.731. The Morgan fingerprint density at radius 1 is 1.50 bits per heavy atom. The summed E-state index contributed by atoms with van der Waals surface area (Å²) in [6.45, 7) is 4.21. The Hall–Kier alpha value is -0.610. The van der Waals surface area contributed by atoms with Gasteiger partial charge < -0.3 is 11.1 Å². The summed E-state index contributed by atoms with van der Waals surface area (Å²) in [4.78, 5) is 13.8. The normalized spacial score (nSPS) is 33.1. The van der Waals surface area contributed by atoms with Crippen molar-refractivity contribution in [2.45, 2.75) is 57.2 Å². The maximum Gasteiger partial charge on any atom is 0.234 e. The van der Waals surface area contributed by atoms with Gasteiger partial charge in [-0.1, -0.05) is 6.92 Å². The summed E-state index contributed by atoms with van der Waals surface area (Å²) in [6.07, 6.45) is 5.76. The van der Waals surface area contributed by atoms with Crippen LogP contribution in [0.2, 0.25) is 0 Å². The molecule has 2 saturated heterocycles. The van der Waals surface area contributed by atoms with Gasteiger partial charge in [-0.2, -0.15) is 0 Å². The van der Waals surface area contributed by atoms with Crippen molar-refractivity contribution in [3.63, 3.8) is 0 Å². The van der Waals surface area contributed by atoms with Crippen LogP contribution in [-0.2, 0) is 4.79 Å². The van der Waals surface area contributed by atoms with Crippen LogP contribution in [0.5, 0.6) is 0 Å². The van der Waals surface area contributed by atoms with Crippen molar-refractivity contribution >= 4 is 5.91 Å².